The summed E-state index contributed by atoms with van der Waals surface area (Å²) in [5.41, 5.74) is 0.810. The first kappa shape index (κ1) is 21.5. The Balaban J connectivity index is 1.26. The summed E-state index contributed by atoms with van der Waals surface area (Å²) >= 11 is 0. The van der Waals surface area contributed by atoms with E-state index in [0.29, 0.717) is 39.0 Å². The Morgan fingerprint density at radius 1 is 1.10 bits per heavy atom. The lowest BCUT2D eigenvalue weighted by Gasteiger charge is -2.31. The number of sulfonamides is 1. The molecule has 0 radical (unpaired) electrons. The largest absolute Gasteiger partial charge is 0.356 e. The highest BCUT2D eigenvalue weighted by Gasteiger charge is 2.35. The number of anilines is 1. The van der Waals surface area contributed by atoms with Gasteiger partial charge in [0.15, 0.2) is 0 Å². The first-order chi connectivity index (χ1) is 14.9. The molecule has 8 nitrogen and oxygen atoms in total. The van der Waals surface area contributed by atoms with Crippen molar-refractivity contribution in [3.8, 4) is 0 Å². The van der Waals surface area contributed by atoms with E-state index in [0.717, 1.165) is 5.69 Å². The third kappa shape index (κ3) is 4.77. The van der Waals surface area contributed by atoms with E-state index < -0.39 is 10.0 Å². The third-order valence-corrected chi connectivity index (χ3v) is 7.86. The molecule has 1 atom stereocenters. The number of piperidine rings is 1. The van der Waals surface area contributed by atoms with Crippen LogP contribution in [0.25, 0.3) is 0 Å². The number of hydrogen-bond acceptors (Lipinski definition) is 5. The van der Waals surface area contributed by atoms with E-state index >= 15 is 0 Å². The van der Waals surface area contributed by atoms with Crippen LogP contribution in [0.2, 0.25) is 0 Å². The number of amides is 2. The van der Waals surface area contributed by atoms with Gasteiger partial charge < -0.3 is 10.2 Å². The summed E-state index contributed by atoms with van der Waals surface area (Å²) in [5, 5.41) is 2.98. The van der Waals surface area contributed by atoms with E-state index in [9.17, 15) is 18.0 Å². The Bertz CT molecular complexity index is 1020. The van der Waals surface area contributed by atoms with Crippen LogP contribution in [0, 0.1) is 11.8 Å². The highest BCUT2D eigenvalue weighted by molar-refractivity contribution is 7.89. The third-order valence-electron chi connectivity index (χ3n) is 5.97. The number of rotatable bonds is 6. The van der Waals surface area contributed by atoms with E-state index in [4.69, 9.17) is 0 Å². The smallest absolute Gasteiger partial charge is 0.244 e. The maximum absolute atomic E-state index is 12.7. The molecule has 0 spiro atoms. The van der Waals surface area contributed by atoms with Gasteiger partial charge in [-0.15, -0.1) is 0 Å². The van der Waals surface area contributed by atoms with Crippen molar-refractivity contribution in [2.45, 2.75) is 24.2 Å². The van der Waals surface area contributed by atoms with Crippen molar-refractivity contribution in [1.29, 1.82) is 0 Å². The minimum absolute atomic E-state index is 0.0414. The van der Waals surface area contributed by atoms with E-state index in [-0.39, 0.29) is 35.0 Å². The average molecular weight is 443 g/mol. The van der Waals surface area contributed by atoms with Crippen molar-refractivity contribution in [2.24, 2.45) is 11.8 Å². The number of nitrogens with zero attached hydrogens (tertiary/aromatic N) is 3. The lowest BCUT2D eigenvalue weighted by molar-refractivity contribution is -0.126. The van der Waals surface area contributed by atoms with Gasteiger partial charge >= 0.3 is 0 Å². The number of pyridine rings is 1. The van der Waals surface area contributed by atoms with Crippen LogP contribution in [0.4, 0.5) is 5.69 Å². The molecule has 0 bridgehead atoms. The number of benzene rings is 1. The highest BCUT2D eigenvalue weighted by atomic mass is 32.2. The summed E-state index contributed by atoms with van der Waals surface area (Å²) in [6.45, 7) is 1.72. The molecular formula is C22H26N4O4S. The summed E-state index contributed by atoms with van der Waals surface area (Å²) < 4.78 is 26.9. The molecule has 0 saturated carbocycles. The number of carbonyl (C=O) groups excluding carboxylic acids is 2. The van der Waals surface area contributed by atoms with Crippen LogP contribution in [-0.4, -0.2) is 55.7 Å². The van der Waals surface area contributed by atoms with Gasteiger partial charge in [-0.25, -0.2) is 8.42 Å². The zero-order valence-electron chi connectivity index (χ0n) is 17.2. The van der Waals surface area contributed by atoms with Crippen LogP contribution in [0.1, 0.15) is 19.3 Å². The predicted octanol–water partition coefficient (Wildman–Crippen LogP) is 1.65. The van der Waals surface area contributed by atoms with Crippen LogP contribution in [0.3, 0.4) is 0 Å². The molecule has 2 fully saturated rings. The van der Waals surface area contributed by atoms with Gasteiger partial charge in [0.05, 0.1) is 5.92 Å². The first-order valence-electron chi connectivity index (χ1n) is 10.5. The lowest BCUT2D eigenvalue weighted by Crippen LogP contribution is -2.42. The standard InChI is InChI=1S/C22H26N4O4S/c27-21-13-18(16-26(21)19-5-2-1-3-6-19)22(28)24-14-17-8-11-25(12-9-17)31(29,30)20-7-4-10-23-15-20/h1-7,10,15,17-18H,8-9,11-14,16H2,(H,24,28). The minimum Gasteiger partial charge on any atom is -0.356 e. The van der Waals surface area contributed by atoms with Crippen molar-refractivity contribution in [3.05, 3.63) is 54.9 Å². The fraction of sp³-hybridized carbons (Fsp3) is 0.409. The van der Waals surface area contributed by atoms with Crippen molar-refractivity contribution < 1.29 is 18.0 Å². The van der Waals surface area contributed by atoms with E-state index in [1.165, 1.54) is 10.5 Å². The summed E-state index contributed by atoms with van der Waals surface area (Å²) in [6.07, 6.45) is 4.48. The highest BCUT2D eigenvalue weighted by Crippen LogP contribution is 2.26. The summed E-state index contributed by atoms with van der Waals surface area (Å²) in [4.78, 5) is 30.7. The van der Waals surface area contributed by atoms with Gasteiger partial charge in [0.1, 0.15) is 4.90 Å². The van der Waals surface area contributed by atoms with Gasteiger partial charge in [0.25, 0.3) is 0 Å². The number of hydrogen-bond donors (Lipinski definition) is 1. The molecule has 2 aromatic rings. The predicted molar refractivity (Wildman–Crippen MR) is 116 cm³/mol. The van der Waals surface area contributed by atoms with E-state index in [1.54, 1.807) is 23.2 Å². The molecule has 1 aromatic heterocycles. The van der Waals surface area contributed by atoms with Gasteiger partial charge in [0, 0.05) is 50.7 Å². The fourth-order valence-electron chi connectivity index (χ4n) is 4.13. The molecule has 3 heterocycles. The fourth-order valence-corrected chi connectivity index (χ4v) is 5.57. The molecule has 1 N–H and O–H groups in total. The first-order valence-corrected chi connectivity index (χ1v) is 11.9. The Hall–Kier alpha value is -2.78. The number of aromatic nitrogens is 1. The van der Waals surface area contributed by atoms with Crippen molar-refractivity contribution in [3.63, 3.8) is 0 Å². The van der Waals surface area contributed by atoms with Crippen molar-refractivity contribution >= 4 is 27.5 Å². The number of nitrogens with one attached hydrogen (secondary N) is 1. The molecule has 0 aliphatic carbocycles. The molecule has 31 heavy (non-hydrogen) atoms. The zero-order chi connectivity index (χ0) is 21.8. The number of para-hydroxylation sites is 1. The normalized spacial score (nSPS) is 20.7. The van der Waals surface area contributed by atoms with Crippen LogP contribution in [0.15, 0.2) is 59.8 Å². The average Bonchev–Trinajstić information content (AvgIpc) is 3.20. The second-order valence-electron chi connectivity index (χ2n) is 8.02. The monoisotopic (exact) mass is 442 g/mol. The quantitative estimate of drug-likeness (QED) is 0.733. The topological polar surface area (TPSA) is 99.7 Å². The van der Waals surface area contributed by atoms with Gasteiger partial charge in [-0.2, -0.15) is 4.31 Å². The second-order valence-corrected chi connectivity index (χ2v) is 9.96. The summed E-state index contributed by atoms with van der Waals surface area (Å²) in [6, 6.07) is 12.5. The van der Waals surface area contributed by atoms with E-state index in [2.05, 4.69) is 10.3 Å². The van der Waals surface area contributed by atoms with Crippen LogP contribution < -0.4 is 10.2 Å². The molecule has 4 rings (SSSR count). The maximum Gasteiger partial charge on any atom is 0.244 e. The van der Waals surface area contributed by atoms with E-state index in [1.807, 2.05) is 30.3 Å². The lowest BCUT2D eigenvalue weighted by atomic mass is 9.97. The molecule has 164 valence electrons. The Kier molecular flexibility index (Phi) is 6.33. The molecular weight excluding hydrogens is 416 g/mol. The molecule has 2 aliphatic rings. The maximum atomic E-state index is 12.7. The molecule has 2 aliphatic heterocycles. The molecule has 1 aromatic carbocycles. The van der Waals surface area contributed by atoms with Crippen molar-refractivity contribution in [1.82, 2.24) is 14.6 Å². The molecule has 1 unspecified atom stereocenters. The minimum atomic E-state index is -3.53. The summed E-state index contributed by atoms with van der Waals surface area (Å²) in [5.74, 6) is -0.303. The Labute approximate surface area is 182 Å². The van der Waals surface area contributed by atoms with Gasteiger partial charge in [-0.3, -0.25) is 14.6 Å². The SMILES string of the molecule is O=C(NCC1CCN(S(=O)(=O)c2cccnc2)CC1)C1CC(=O)N(c2ccccc2)C1. The van der Waals surface area contributed by atoms with Gasteiger partial charge in [0.2, 0.25) is 21.8 Å². The molecule has 2 amide bonds. The Morgan fingerprint density at radius 3 is 2.52 bits per heavy atom. The van der Waals surface area contributed by atoms with Crippen molar-refractivity contribution in [2.75, 3.05) is 31.1 Å². The number of carbonyl (C=O) groups is 2. The van der Waals surface area contributed by atoms with Crippen LogP contribution in [0.5, 0.6) is 0 Å². The van der Waals surface area contributed by atoms with Crippen LogP contribution >= 0.6 is 0 Å². The molecule has 9 heteroatoms. The summed E-state index contributed by atoms with van der Waals surface area (Å²) in [7, 11) is -3.53. The van der Waals surface area contributed by atoms with Gasteiger partial charge in [-0.05, 0) is 43.0 Å². The zero-order valence-corrected chi connectivity index (χ0v) is 18.0. The van der Waals surface area contributed by atoms with Gasteiger partial charge in [-0.1, -0.05) is 18.2 Å². The second kappa shape index (κ2) is 9.15. The Morgan fingerprint density at radius 2 is 1.84 bits per heavy atom. The van der Waals surface area contributed by atoms with Crippen LogP contribution in [-0.2, 0) is 19.6 Å². The molecule has 2 saturated heterocycles.